The third-order valence-corrected chi connectivity index (χ3v) is 6.61. The van der Waals surface area contributed by atoms with Crippen molar-refractivity contribution in [3.05, 3.63) is 56.7 Å². The van der Waals surface area contributed by atoms with Gasteiger partial charge in [-0.3, -0.25) is 0 Å². The number of rotatable bonds is 7. The second kappa shape index (κ2) is 8.90. The molecule has 11 heteroatoms. The van der Waals surface area contributed by atoms with E-state index in [4.69, 9.17) is 14.0 Å². The third-order valence-electron chi connectivity index (χ3n) is 5.68. The maximum Gasteiger partial charge on any atom is 0.339 e. The molecule has 34 heavy (non-hydrogen) atoms. The van der Waals surface area contributed by atoms with E-state index in [1.165, 1.54) is 11.3 Å². The van der Waals surface area contributed by atoms with E-state index >= 15 is 0 Å². The Balaban J connectivity index is 1.47. The lowest BCUT2D eigenvalue weighted by atomic mass is 10.0. The van der Waals surface area contributed by atoms with E-state index < -0.39 is 24.0 Å². The number of urea groups is 1. The second-order valence-electron chi connectivity index (χ2n) is 8.05. The number of nitrogens with one attached hydrogen (secondary N) is 2. The highest BCUT2D eigenvalue weighted by atomic mass is 32.1. The average molecular weight is 483 g/mol. The Morgan fingerprint density at radius 3 is 2.79 bits per heavy atom. The maximum absolute atomic E-state index is 13.2. The zero-order chi connectivity index (χ0) is 23.8. The van der Waals surface area contributed by atoms with Gasteiger partial charge in [0.05, 0.1) is 40.6 Å². The smallest absolute Gasteiger partial charge is 0.339 e. The molecule has 10 nitrogen and oxygen atoms in total. The van der Waals surface area contributed by atoms with E-state index in [1.54, 1.807) is 19.9 Å². The number of carbonyl (C=O) groups is 3. The molecule has 0 bridgehead atoms. The van der Waals surface area contributed by atoms with Crippen molar-refractivity contribution in [2.75, 3.05) is 13.2 Å². The minimum Gasteiger partial charge on any atom is -0.463 e. The Kier molecular flexibility index (Phi) is 5.78. The Labute approximate surface area is 198 Å². The minimum atomic E-state index is -0.712. The minimum absolute atomic E-state index is 0.159. The average Bonchev–Trinajstić information content (AvgIpc) is 3.39. The van der Waals surface area contributed by atoms with Crippen molar-refractivity contribution in [2.45, 2.75) is 38.6 Å². The van der Waals surface area contributed by atoms with Crippen LogP contribution < -0.4 is 10.6 Å². The predicted octanol–water partition coefficient (Wildman–Crippen LogP) is 3.50. The summed E-state index contributed by atoms with van der Waals surface area (Å²) >= 11 is 1.39. The first-order chi connectivity index (χ1) is 16.5. The van der Waals surface area contributed by atoms with Crippen LogP contribution >= 0.6 is 11.3 Å². The van der Waals surface area contributed by atoms with Gasteiger partial charge < -0.3 is 24.6 Å². The van der Waals surface area contributed by atoms with Gasteiger partial charge >= 0.3 is 18.0 Å². The summed E-state index contributed by atoms with van der Waals surface area (Å²) in [5.41, 5.74) is 2.22. The molecule has 0 aromatic carbocycles. The Morgan fingerprint density at radius 2 is 2.09 bits per heavy atom. The van der Waals surface area contributed by atoms with E-state index in [0.29, 0.717) is 16.6 Å². The van der Waals surface area contributed by atoms with Gasteiger partial charge in [0.25, 0.3) is 5.71 Å². The van der Waals surface area contributed by atoms with Crippen LogP contribution in [0.1, 0.15) is 58.3 Å². The van der Waals surface area contributed by atoms with Gasteiger partial charge in [0.15, 0.2) is 0 Å². The Morgan fingerprint density at radius 1 is 1.26 bits per heavy atom. The number of hydrogen-bond donors (Lipinski definition) is 2. The van der Waals surface area contributed by atoms with Crippen molar-refractivity contribution in [3.63, 3.8) is 0 Å². The highest BCUT2D eigenvalue weighted by Crippen LogP contribution is 2.40. The summed E-state index contributed by atoms with van der Waals surface area (Å²) in [4.78, 5) is 43.6. The highest BCUT2D eigenvalue weighted by molar-refractivity contribution is 7.10. The topological polar surface area (TPSA) is 133 Å². The van der Waals surface area contributed by atoms with Crippen molar-refractivity contribution in [3.8, 4) is 0 Å². The zero-order valence-electron chi connectivity index (χ0n) is 18.5. The number of aryl methyl sites for hydroxylation is 1. The summed E-state index contributed by atoms with van der Waals surface area (Å²) in [6.07, 6.45) is 2.00. The molecule has 176 valence electrons. The predicted molar refractivity (Wildman–Crippen MR) is 121 cm³/mol. The number of esters is 2. The summed E-state index contributed by atoms with van der Waals surface area (Å²) in [7, 11) is 0. The maximum atomic E-state index is 13.2. The summed E-state index contributed by atoms with van der Waals surface area (Å²) in [5.74, 6) is -0.942. The van der Waals surface area contributed by atoms with Crippen LogP contribution in [0, 0.1) is 6.92 Å². The van der Waals surface area contributed by atoms with Gasteiger partial charge in [-0.1, -0.05) is 11.2 Å². The molecule has 2 N–H and O–H groups in total. The molecule has 5 rings (SSSR count). The van der Waals surface area contributed by atoms with Gasteiger partial charge in [-0.05, 0) is 44.2 Å². The molecule has 3 aromatic rings. The molecule has 0 saturated heterocycles. The number of nitrogens with zero attached hydrogens (tertiary/aromatic N) is 2. The van der Waals surface area contributed by atoms with E-state index in [0.717, 1.165) is 23.4 Å². The quantitative estimate of drug-likeness (QED) is 0.489. The van der Waals surface area contributed by atoms with Crippen molar-refractivity contribution in [1.82, 2.24) is 20.8 Å². The standard InChI is InChI=1S/C23H22N4O6S/c1-3-31-22(29)18-15(25-23(30)26-19(18)16-5-4-8-34-16)10-32-21(28)13-9-14(12-6-7-12)24-20-17(13)11(2)27-33-20/h4-5,8-9,12,19H,3,6-7,10H2,1-2H3,(H2,25,26,30)/t19-/m0/s1. The van der Waals surface area contributed by atoms with E-state index in [2.05, 4.69) is 20.8 Å². The fourth-order valence-electron chi connectivity index (χ4n) is 3.93. The van der Waals surface area contributed by atoms with E-state index in [1.807, 2.05) is 17.5 Å². The first-order valence-corrected chi connectivity index (χ1v) is 11.8. The second-order valence-corrected chi connectivity index (χ2v) is 9.03. The lowest BCUT2D eigenvalue weighted by Crippen LogP contribution is -2.46. The van der Waals surface area contributed by atoms with Crippen LogP contribution in [-0.4, -0.2) is 41.3 Å². The molecule has 2 aliphatic rings. The van der Waals surface area contributed by atoms with Gasteiger partial charge in [-0.2, -0.15) is 0 Å². The van der Waals surface area contributed by atoms with Gasteiger partial charge in [0, 0.05) is 16.5 Å². The number of pyridine rings is 1. The monoisotopic (exact) mass is 482 g/mol. The van der Waals surface area contributed by atoms with E-state index in [9.17, 15) is 14.4 Å². The Hall–Kier alpha value is -3.73. The molecule has 1 saturated carbocycles. The SMILES string of the molecule is CCOC(=O)C1=C(COC(=O)c2cc(C3CC3)nc3onc(C)c23)NC(=O)N[C@H]1c1cccs1. The van der Waals surface area contributed by atoms with Crippen LogP contribution in [0.25, 0.3) is 11.1 Å². The number of aromatic nitrogens is 2. The summed E-state index contributed by atoms with van der Waals surface area (Å²) in [6.45, 7) is 3.25. The molecule has 4 heterocycles. The zero-order valence-corrected chi connectivity index (χ0v) is 19.4. The van der Waals surface area contributed by atoms with Crippen LogP contribution in [0.2, 0.25) is 0 Å². The van der Waals surface area contributed by atoms with Gasteiger partial charge in [-0.15, -0.1) is 11.3 Å². The lowest BCUT2D eigenvalue weighted by Gasteiger charge is -2.28. The number of ether oxygens (including phenoxy) is 2. The summed E-state index contributed by atoms with van der Waals surface area (Å²) in [6, 6.07) is 4.13. The molecule has 1 atom stereocenters. The van der Waals surface area contributed by atoms with Crippen LogP contribution in [0.3, 0.4) is 0 Å². The van der Waals surface area contributed by atoms with Crippen LogP contribution in [0.15, 0.2) is 39.4 Å². The van der Waals surface area contributed by atoms with Gasteiger partial charge in [0.2, 0.25) is 0 Å². The molecule has 1 aliphatic carbocycles. The van der Waals surface area contributed by atoms with Crippen LogP contribution in [-0.2, 0) is 14.3 Å². The summed E-state index contributed by atoms with van der Waals surface area (Å²) < 4.78 is 16.1. The van der Waals surface area contributed by atoms with Crippen molar-refractivity contribution >= 4 is 40.4 Å². The number of thiophene rings is 1. The molecule has 0 unspecified atom stereocenters. The molecule has 0 spiro atoms. The number of carbonyl (C=O) groups excluding carboxylic acids is 3. The molecular formula is C23H22N4O6S. The molecule has 0 radical (unpaired) electrons. The molecule has 1 aliphatic heterocycles. The Bertz CT molecular complexity index is 1310. The molecular weight excluding hydrogens is 460 g/mol. The molecule has 2 amide bonds. The van der Waals surface area contributed by atoms with Gasteiger partial charge in [0.1, 0.15) is 6.61 Å². The lowest BCUT2D eigenvalue weighted by molar-refractivity contribution is -0.139. The highest BCUT2D eigenvalue weighted by Gasteiger charge is 2.35. The first-order valence-electron chi connectivity index (χ1n) is 10.9. The number of fused-ring (bicyclic) bond motifs is 1. The van der Waals surface area contributed by atoms with E-state index in [-0.39, 0.29) is 36.1 Å². The molecule has 1 fully saturated rings. The van der Waals surface area contributed by atoms with Crippen molar-refractivity contribution in [1.29, 1.82) is 0 Å². The normalized spacial score (nSPS) is 17.9. The largest absolute Gasteiger partial charge is 0.463 e. The summed E-state index contributed by atoms with van der Waals surface area (Å²) in [5, 5.41) is 11.6. The van der Waals surface area contributed by atoms with Crippen molar-refractivity contribution in [2.24, 2.45) is 0 Å². The van der Waals surface area contributed by atoms with Crippen LogP contribution in [0.4, 0.5) is 4.79 Å². The number of hydrogen-bond acceptors (Lipinski definition) is 9. The van der Waals surface area contributed by atoms with Crippen molar-refractivity contribution < 1.29 is 28.4 Å². The first kappa shape index (κ1) is 22.1. The third kappa shape index (κ3) is 4.14. The number of amides is 2. The fraction of sp³-hybridized carbons (Fsp3) is 0.348. The van der Waals surface area contributed by atoms with Gasteiger partial charge in [-0.25, -0.2) is 19.4 Å². The molecule has 3 aromatic heterocycles. The fourth-order valence-corrected chi connectivity index (χ4v) is 4.71. The van der Waals surface area contributed by atoms with Crippen LogP contribution in [0.5, 0.6) is 0 Å².